The standard InChI is InChI=1S/C17H23N3O4S2/c1-19(26(2,23)24)13-5-8-20(9-6-13)17(22)12-3-4-15-14(11-12)18-16(21)7-10-25-15/h3-4,11,13H,5-10H2,1-2H3,(H,18,21). The highest BCUT2D eigenvalue weighted by Gasteiger charge is 2.29. The third kappa shape index (κ3) is 4.21. The van der Waals surface area contributed by atoms with E-state index in [1.54, 1.807) is 35.8 Å². The summed E-state index contributed by atoms with van der Waals surface area (Å²) in [5.74, 6) is 0.607. The Labute approximate surface area is 158 Å². The Morgan fingerprint density at radius 3 is 2.65 bits per heavy atom. The number of fused-ring (bicyclic) bond motifs is 1. The van der Waals surface area contributed by atoms with E-state index in [0.717, 1.165) is 10.6 Å². The highest BCUT2D eigenvalue weighted by molar-refractivity contribution is 7.99. The normalized spacial score (nSPS) is 19.0. The summed E-state index contributed by atoms with van der Waals surface area (Å²) in [5.41, 5.74) is 1.23. The number of sulfonamides is 1. The first-order chi connectivity index (χ1) is 12.3. The molecule has 0 spiro atoms. The van der Waals surface area contributed by atoms with E-state index in [2.05, 4.69) is 5.32 Å². The van der Waals surface area contributed by atoms with Crippen molar-refractivity contribution >= 4 is 39.3 Å². The summed E-state index contributed by atoms with van der Waals surface area (Å²) in [6, 6.07) is 5.34. The highest BCUT2D eigenvalue weighted by atomic mass is 32.2. The van der Waals surface area contributed by atoms with Crippen molar-refractivity contribution in [3.63, 3.8) is 0 Å². The van der Waals surface area contributed by atoms with Gasteiger partial charge in [0.15, 0.2) is 0 Å². The SMILES string of the molecule is CN(C1CCN(C(=O)c2ccc3c(c2)NC(=O)CCS3)CC1)S(C)(=O)=O. The molecule has 9 heteroatoms. The van der Waals surface area contributed by atoms with Crippen LogP contribution in [-0.2, 0) is 14.8 Å². The number of benzene rings is 1. The Hall–Kier alpha value is -1.58. The minimum absolute atomic E-state index is 0.0366. The van der Waals surface area contributed by atoms with Gasteiger partial charge in [0.1, 0.15) is 0 Å². The van der Waals surface area contributed by atoms with Crippen molar-refractivity contribution < 1.29 is 18.0 Å². The van der Waals surface area contributed by atoms with Crippen LogP contribution in [0.2, 0.25) is 0 Å². The van der Waals surface area contributed by atoms with Gasteiger partial charge in [0, 0.05) is 48.8 Å². The molecular weight excluding hydrogens is 374 g/mol. The van der Waals surface area contributed by atoms with E-state index >= 15 is 0 Å². The van der Waals surface area contributed by atoms with Gasteiger partial charge in [0.2, 0.25) is 15.9 Å². The topological polar surface area (TPSA) is 86.8 Å². The second-order valence-electron chi connectivity index (χ2n) is 6.66. The van der Waals surface area contributed by atoms with Gasteiger partial charge in [-0.3, -0.25) is 9.59 Å². The number of rotatable bonds is 3. The van der Waals surface area contributed by atoms with Gasteiger partial charge >= 0.3 is 0 Å². The van der Waals surface area contributed by atoms with E-state index in [1.165, 1.54) is 10.6 Å². The van der Waals surface area contributed by atoms with Crippen LogP contribution in [0.4, 0.5) is 5.69 Å². The number of piperidine rings is 1. The molecule has 142 valence electrons. The molecule has 1 aromatic rings. The maximum atomic E-state index is 12.8. The van der Waals surface area contributed by atoms with Crippen LogP contribution < -0.4 is 5.32 Å². The second-order valence-corrected chi connectivity index (χ2v) is 9.84. The molecule has 0 unspecified atom stereocenters. The lowest BCUT2D eigenvalue weighted by Gasteiger charge is -2.35. The zero-order valence-corrected chi connectivity index (χ0v) is 16.5. The molecule has 0 atom stereocenters. The fourth-order valence-electron chi connectivity index (χ4n) is 3.24. The monoisotopic (exact) mass is 397 g/mol. The summed E-state index contributed by atoms with van der Waals surface area (Å²) in [4.78, 5) is 27.3. The van der Waals surface area contributed by atoms with Gasteiger partial charge in [-0.1, -0.05) is 0 Å². The number of thioether (sulfide) groups is 1. The van der Waals surface area contributed by atoms with E-state index in [0.29, 0.717) is 43.6 Å². The van der Waals surface area contributed by atoms with Crippen LogP contribution in [0, 0.1) is 0 Å². The lowest BCUT2D eigenvalue weighted by Crippen LogP contribution is -2.47. The first-order valence-corrected chi connectivity index (χ1v) is 11.4. The lowest BCUT2D eigenvalue weighted by atomic mass is 10.0. The number of nitrogens with one attached hydrogen (secondary N) is 1. The molecular formula is C17H23N3O4S2. The Morgan fingerprint density at radius 1 is 1.31 bits per heavy atom. The van der Waals surface area contributed by atoms with Gasteiger partial charge in [-0.25, -0.2) is 12.7 Å². The Bertz CT molecular complexity index is 817. The zero-order valence-electron chi connectivity index (χ0n) is 14.9. The molecule has 0 bridgehead atoms. The van der Waals surface area contributed by atoms with Crippen molar-refractivity contribution in [1.29, 1.82) is 0 Å². The number of amides is 2. The van der Waals surface area contributed by atoms with Gasteiger partial charge in [0.25, 0.3) is 5.91 Å². The molecule has 0 saturated carbocycles. The largest absolute Gasteiger partial charge is 0.339 e. The van der Waals surface area contributed by atoms with E-state index in [1.807, 2.05) is 6.07 Å². The van der Waals surface area contributed by atoms with Crippen molar-refractivity contribution in [2.24, 2.45) is 0 Å². The van der Waals surface area contributed by atoms with Gasteiger partial charge in [-0.15, -0.1) is 11.8 Å². The van der Waals surface area contributed by atoms with Crippen molar-refractivity contribution in [1.82, 2.24) is 9.21 Å². The molecule has 2 aliphatic heterocycles. The quantitative estimate of drug-likeness (QED) is 0.837. The van der Waals surface area contributed by atoms with Gasteiger partial charge < -0.3 is 10.2 Å². The summed E-state index contributed by atoms with van der Waals surface area (Å²) in [7, 11) is -1.64. The van der Waals surface area contributed by atoms with Crippen molar-refractivity contribution in [3.8, 4) is 0 Å². The van der Waals surface area contributed by atoms with Crippen LogP contribution >= 0.6 is 11.8 Å². The molecule has 26 heavy (non-hydrogen) atoms. The van der Waals surface area contributed by atoms with Crippen LogP contribution in [0.15, 0.2) is 23.1 Å². The van der Waals surface area contributed by atoms with Crippen LogP contribution in [0.3, 0.4) is 0 Å². The number of likely N-dealkylation sites (tertiary alicyclic amines) is 1. The smallest absolute Gasteiger partial charge is 0.253 e. The molecule has 1 fully saturated rings. The molecule has 1 aromatic carbocycles. The van der Waals surface area contributed by atoms with E-state index < -0.39 is 10.0 Å². The molecule has 1 saturated heterocycles. The molecule has 7 nitrogen and oxygen atoms in total. The average molecular weight is 398 g/mol. The van der Waals surface area contributed by atoms with E-state index in [9.17, 15) is 18.0 Å². The van der Waals surface area contributed by atoms with Crippen molar-refractivity contribution in [2.75, 3.05) is 37.5 Å². The molecule has 0 aromatic heterocycles. The molecule has 3 rings (SSSR count). The minimum atomic E-state index is -3.22. The van der Waals surface area contributed by atoms with E-state index in [4.69, 9.17) is 0 Å². The van der Waals surface area contributed by atoms with Gasteiger partial charge in [-0.05, 0) is 31.0 Å². The third-order valence-corrected chi connectivity index (χ3v) is 7.30. The number of hydrogen-bond acceptors (Lipinski definition) is 5. The number of carbonyl (C=O) groups is 2. The second kappa shape index (κ2) is 7.58. The predicted octanol–water partition coefficient (Wildman–Crippen LogP) is 1.62. The lowest BCUT2D eigenvalue weighted by molar-refractivity contribution is -0.115. The first kappa shape index (κ1) is 19.2. The first-order valence-electron chi connectivity index (χ1n) is 8.54. The Morgan fingerprint density at radius 2 is 2.00 bits per heavy atom. The minimum Gasteiger partial charge on any atom is -0.339 e. The zero-order chi connectivity index (χ0) is 18.9. The third-order valence-electron chi connectivity index (χ3n) is 4.88. The molecule has 0 radical (unpaired) electrons. The highest BCUT2D eigenvalue weighted by Crippen LogP contribution is 2.32. The van der Waals surface area contributed by atoms with Crippen LogP contribution in [0.5, 0.6) is 0 Å². The van der Waals surface area contributed by atoms with E-state index in [-0.39, 0.29) is 17.9 Å². The van der Waals surface area contributed by atoms with Crippen molar-refractivity contribution in [3.05, 3.63) is 23.8 Å². The molecule has 2 heterocycles. The fourth-order valence-corrected chi connectivity index (χ4v) is 4.93. The molecule has 1 N–H and O–H groups in total. The number of nitrogens with zero attached hydrogens (tertiary/aromatic N) is 2. The average Bonchev–Trinajstić information content (AvgIpc) is 2.79. The van der Waals surface area contributed by atoms with Gasteiger partial charge in [-0.2, -0.15) is 0 Å². The summed E-state index contributed by atoms with van der Waals surface area (Å²) >= 11 is 1.60. The number of anilines is 1. The van der Waals surface area contributed by atoms with Crippen LogP contribution in [0.25, 0.3) is 0 Å². The van der Waals surface area contributed by atoms with Gasteiger partial charge in [0.05, 0.1) is 11.9 Å². The summed E-state index contributed by atoms with van der Waals surface area (Å²) in [5, 5.41) is 2.86. The maximum absolute atomic E-state index is 12.8. The molecule has 0 aliphatic carbocycles. The summed E-state index contributed by atoms with van der Waals surface area (Å²) in [6.45, 7) is 1.03. The number of hydrogen-bond donors (Lipinski definition) is 1. The molecule has 2 amide bonds. The molecule has 2 aliphatic rings. The Balaban J connectivity index is 1.68. The predicted molar refractivity (Wildman–Crippen MR) is 102 cm³/mol. The number of carbonyl (C=O) groups excluding carboxylic acids is 2. The summed E-state index contributed by atoms with van der Waals surface area (Å²) in [6.07, 6.45) is 2.90. The maximum Gasteiger partial charge on any atom is 0.253 e. The van der Waals surface area contributed by atoms with Crippen molar-refractivity contribution in [2.45, 2.75) is 30.2 Å². The Kier molecular flexibility index (Phi) is 5.59. The summed E-state index contributed by atoms with van der Waals surface area (Å²) < 4.78 is 24.7. The van der Waals surface area contributed by atoms with Crippen LogP contribution in [0.1, 0.15) is 29.6 Å². The van der Waals surface area contributed by atoms with Crippen LogP contribution in [-0.4, -0.2) is 67.6 Å². The fraction of sp³-hybridized carbons (Fsp3) is 0.529.